The summed E-state index contributed by atoms with van der Waals surface area (Å²) in [4.78, 5) is 30.1. The van der Waals surface area contributed by atoms with E-state index in [1.54, 1.807) is 0 Å². The molecule has 0 saturated heterocycles. The van der Waals surface area contributed by atoms with Crippen LogP contribution in [0.2, 0.25) is 0 Å². The van der Waals surface area contributed by atoms with Crippen LogP contribution in [0.25, 0.3) is 0 Å². The predicted molar refractivity (Wildman–Crippen MR) is 75.6 cm³/mol. The average Bonchev–Trinajstić information content (AvgIpc) is 2.47. The van der Waals surface area contributed by atoms with E-state index in [0.29, 0.717) is 11.8 Å². The molecule has 22 heavy (non-hydrogen) atoms. The number of phenols is 1. The van der Waals surface area contributed by atoms with Crippen LogP contribution in [0.1, 0.15) is 16.8 Å². The molecule has 120 valence electrons. The van der Waals surface area contributed by atoms with E-state index in [-0.39, 0.29) is 22.8 Å². The van der Waals surface area contributed by atoms with Crippen molar-refractivity contribution in [2.45, 2.75) is 6.42 Å². The molecule has 0 spiro atoms. The van der Waals surface area contributed by atoms with Crippen molar-refractivity contribution >= 4 is 18.2 Å². The van der Waals surface area contributed by atoms with Crippen molar-refractivity contribution in [1.82, 2.24) is 0 Å². The molecule has 3 N–H and O–H groups in total. The zero-order valence-corrected chi connectivity index (χ0v) is 12.0. The van der Waals surface area contributed by atoms with Crippen LogP contribution in [-0.2, 0) is 9.59 Å². The van der Waals surface area contributed by atoms with Crippen LogP contribution in [0.15, 0.2) is 24.3 Å². The summed E-state index contributed by atoms with van der Waals surface area (Å²) in [6, 6.07) is 2.87. The van der Waals surface area contributed by atoms with Gasteiger partial charge in [-0.15, -0.1) is 0 Å². The summed E-state index contributed by atoms with van der Waals surface area (Å²) in [7, 11) is 2.81. The molecule has 0 atom stereocenters. The average molecular weight is 312 g/mol. The fourth-order valence-electron chi connectivity index (χ4n) is 1.24. The number of aldehydes is 1. The molecule has 1 rings (SSSR count). The van der Waals surface area contributed by atoms with Gasteiger partial charge in [-0.25, -0.2) is 4.79 Å². The monoisotopic (exact) mass is 312 g/mol. The number of carboxylic acids is 2. The molecule has 0 aliphatic carbocycles. The molecule has 0 radical (unpaired) electrons. The van der Waals surface area contributed by atoms with E-state index in [0.717, 1.165) is 0 Å². The molecular formula is C14H16O8. The lowest BCUT2D eigenvalue weighted by Crippen LogP contribution is -2.04. The smallest absolute Gasteiger partial charge is 0.331 e. The molecule has 1 aromatic carbocycles. The van der Waals surface area contributed by atoms with Crippen LogP contribution in [0.3, 0.4) is 0 Å². The number of phenolic OH excluding ortho intramolecular Hbond substituents is 1. The second kappa shape index (κ2) is 9.01. The van der Waals surface area contributed by atoms with Gasteiger partial charge in [0.15, 0.2) is 11.5 Å². The van der Waals surface area contributed by atoms with Crippen molar-refractivity contribution in [3.8, 4) is 17.2 Å². The Morgan fingerprint density at radius 2 is 1.64 bits per heavy atom. The number of carboxylic acid groups (broad SMARTS) is 2. The van der Waals surface area contributed by atoms with E-state index in [4.69, 9.17) is 19.7 Å². The Bertz CT molecular complexity index is 551. The van der Waals surface area contributed by atoms with Crippen molar-refractivity contribution in [3.05, 3.63) is 29.8 Å². The summed E-state index contributed by atoms with van der Waals surface area (Å²) in [5.74, 6) is -2.10. The first kappa shape index (κ1) is 19.0. The van der Waals surface area contributed by atoms with Gasteiger partial charge in [0.05, 0.1) is 20.6 Å². The van der Waals surface area contributed by atoms with Gasteiger partial charge in [0.2, 0.25) is 5.75 Å². The van der Waals surface area contributed by atoms with Crippen LogP contribution in [0, 0.1) is 0 Å². The number of hydrogen-bond donors (Lipinski definition) is 3. The lowest BCUT2D eigenvalue weighted by molar-refractivity contribution is -0.139. The molecule has 1 aromatic rings. The summed E-state index contributed by atoms with van der Waals surface area (Å²) in [6.07, 6.45) is 0.153. The molecule has 0 heterocycles. The second-order valence-corrected chi connectivity index (χ2v) is 3.87. The van der Waals surface area contributed by atoms with Gasteiger partial charge in [-0.3, -0.25) is 9.59 Å². The summed E-state index contributed by atoms with van der Waals surface area (Å²) in [5.41, 5.74) is 0.0917. The highest BCUT2D eigenvalue weighted by Crippen LogP contribution is 2.36. The Kier molecular flexibility index (Phi) is 7.77. The first-order valence-electron chi connectivity index (χ1n) is 5.79. The van der Waals surface area contributed by atoms with Gasteiger partial charge in [0, 0.05) is 11.1 Å². The van der Waals surface area contributed by atoms with Gasteiger partial charge in [-0.2, -0.15) is 0 Å². The zero-order chi connectivity index (χ0) is 17.3. The van der Waals surface area contributed by atoms with Gasteiger partial charge in [-0.1, -0.05) is 6.58 Å². The number of carbonyl (C=O) groups is 3. The molecule has 0 aliphatic heterocycles. The van der Waals surface area contributed by atoms with Crippen LogP contribution in [0.4, 0.5) is 0 Å². The minimum Gasteiger partial charge on any atom is -0.502 e. The summed E-state index contributed by atoms with van der Waals surface area (Å²) < 4.78 is 9.68. The Hall–Kier alpha value is -3.03. The SMILES string of the molecule is C=C(CC(=O)O)C(=O)O.COc1cc(C=O)cc(OC)c1O. The van der Waals surface area contributed by atoms with E-state index in [1.807, 2.05) is 0 Å². The number of hydrogen-bond acceptors (Lipinski definition) is 6. The maximum Gasteiger partial charge on any atom is 0.331 e. The minimum atomic E-state index is -1.27. The van der Waals surface area contributed by atoms with Gasteiger partial charge in [0.25, 0.3) is 0 Å². The Morgan fingerprint density at radius 1 is 1.18 bits per heavy atom. The van der Waals surface area contributed by atoms with Gasteiger partial charge >= 0.3 is 11.9 Å². The number of carbonyl (C=O) groups excluding carboxylic acids is 1. The van der Waals surface area contributed by atoms with E-state index >= 15 is 0 Å². The first-order valence-corrected chi connectivity index (χ1v) is 5.79. The first-order chi connectivity index (χ1) is 10.3. The third-order valence-corrected chi connectivity index (χ3v) is 2.31. The molecule has 0 amide bonds. The van der Waals surface area contributed by atoms with Crippen LogP contribution < -0.4 is 9.47 Å². The van der Waals surface area contributed by atoms with Gasteiger partial charge in [0.1, 0.15) is 6.29 Å². The van der Waals surface area contributed by atoms with Gasteiger partial charge < -0.3 is 24.8 Å². The molecule has 0 aliphatic rings. The highest BCUT2D eigenvalue weighted by atomic mass is 16.5. The molecule has 0 bridgehead atoms. The lowest BCUT2D eigenvalue weighted by atomic mass is 10.2. The molecule has 0 aromatic heterocycles. The molecular weight excluding hydrogens is 296 g/mol. The Morgan fingerprint density at radius 3 is 1.86 bits per heavy atom. The third kappa shape index (κ3) is 5.95. The van der Waals surface area contributed by atoms with Gasteiger partial charge in [-0.05, 0) is 12.1 Å². The standard InChI is InChI=1S/C9H10O4.C5H6O4/c1-12-7-3-6(5-10)4-8(13-2)9(7)11;1-3(5(8)9)2-4(6)7/h3-5,11H,1-2H3;1-2H2,(H,6,7)(H,8,9). The number of ether oxygens (including phenoxy) is 2. The van der Waals surface area contributed by atoms with E-state index in [1.165, 1.54) is 26.4 Å². The maximum atomic E-state index is 10.5. The predicted octanol–water partition coefficient (Wildman–Crippen LogP) is 1.32. The second-order valence-electron chi connectivity index (χ2n) is 3.87. The lowest BCUT2D eigenvalue weighted by Gasteiger charge is -2.08. The van der Waals surface area contributed by atoms with Crippen molar-refractivity contribution in [2.24, 2.45) is 0 Å². The quantitative estimate of drug-likeness (QED) is 0.529. The van der Waals surface area contributed by atoms with Crippen molar-refractivity contribution in [1.29, 1.82) is 0 Å². The fourth-order valence-corrected chi connectivity index (χ4v) is 1.24. The molecule has 8 nitrogen and oxygen atoms in total. The molecule has 0 unspecified atom stereocenters. The molecule has 0 fully saturated rings. The van der Waals surface area contributed by atoms with Crippen LogP contribution in [-0.4, -0.2) is 47.8 Å². The number of aliphatic carboxylic acids is 2. The van der Waals surface area contributed by atoms with Crippen molar-refractivity contribution < 1.29 is 39.2 Å². The third-order valence-electron chi connectivity index (χ3n) is 2.31. The topological polar surface area (TPSA) is 130 Å². The summed E-state index contributed by atoms with van der Waals surface area (Å²) in [5, 5.41) is 25.5. The normalized spacial score (nSPS) is 9.00. The van der Waals surface area contributed by atoms with Crippen LogP contribution >= 0.6 is 0 Å². The molecule has 8 heteroatoms. The van der Waals surface area contributed by atoms with Crippen LogP contribution in [0.5, 0.6) is 17.2 Å². The maximum absolute atomic E-state index is 10.5. The van der Waals surface area contributed by atoms with E-state index in [9.17, 15) is 19.5 Å². The van der Waals surface area contributed by atoms with Crippen molar-refractivity contribution in [2.75, 3.05) is 14.2 Å². The molecule has 0 saturated carbocycles. The largest absolute Gasteiger partial charge is 0.502 e. The summed E-state index contributed by atoms with van der Waals surface area (Å²) >= 11 is 0. The van der Waals surface area contributed by atoms with E-state index < -0.39 is 18.4 Å². The number of methoxy groups -OCH3 is 2. The summed E-state index contributed by atoms with van der Waals surface area (Å²) in [6.45, 7) is 3.01. The minimum absolute atomic E-state index is 0.101. The highest BCUT2D eigenvalue weighted by Gasteiger charge is 2.10. The Labute approximate surface area is 126 Å². The number of benzene rings is 1. The number of rotatable bonds is 6. The van der Waals surface area contributed by atoms with Crippen molar-refractivity contribution in [3.63, 3.8) is 0 Å². The highest BCUT2D eigenvalue weighted by molar-refractivity contribution is 5.91. The fraction of sp³-hybridized carbons (Fsp3) is 0.214. The van der Waals surface area contributed by atoms with E-state index in [2.05, 4.69) is 6.58 Å². The zero-order valence-electron chi connectivity index (χ0n) is 12.0. The number of aromatic hydroxyl groups is 1. The Balaban J connectivity index is 0.000000433.